The lowest BCUT2D eigenvalue weighted by molar-refractivity contribution is 0.0600. The van der Waals surface area contributed by atoms with E-state index in [9.17, 15) is 9.59 Å². The van der Waals surface area contributed by atoms with Crippen LogP contribution in [0.3, 0.4) is 0 Å². The van der Waals surface area contributed by atoms with Crippen LogP contribution >= 0.6 is 0 Å². The third-order valence-corrected chi connectivity index (χ3v) is 4.00. The van der Waals surface area contributed by atoms with Crippen molar-refractivity contribution >= 4 is 23.4 Å². The summed E-state index contributed by atoms with van der Waals surface area (Å²) in [6, 6.07) is 8.00. The van der Waals surface area contributed by atoms with Gasteiger partial charge in [-0.2, -0.15) is 0 Å². The molecule has 1 atom stereocenters. The van der Waals surface area contributed by atoms with E-state index in [0.717, 1.165) is 19.4 Å². The number of anilines is 2. The quantitative estimate of drug-likeness (QED) is 0.764. The fraction of sp³-hybridized carbons (Fsp3) is 0.333. The molecular formula is C18H20N4O4. The Labute approximate surface area is 150 Å². The molecule has 26 heavy (non-hydrogen) atoms. The standard InChI is InChI=1S/C18H20N4O4/c1-25-18(24)12-4-6-13(7-5-12)22-17(23)15-9-16(21-11-20-15)19-10-14-3-2-8-26-14/h4-7,9,11,14H,2-3,8,10H2,1H3,(H,22,23)(H,19,20,21). The van der Waals surface area contributed by atoms with Crippen LogP contribution in [0.25, 0.3) is 0 Å². The number of hydrogen-bond acceptors (Lipinski definition) is 7. The summed E-state index contributed by atoms with van der Waals surface area (Å²) in [5.41, 5.74) is 1.20. The third-order valence-electron chi connectivity index (χ3n) is 4.00. The Morgan fingerprint density at radius 3 is 2.77 bits per heavy atom. The summed E-state index contributed by atoms with van der Waals surface area (Å²) < 4.78 is 10.2. The Morgan fingerprint density at radius 2 is 2.08 bits per heavy atom. The zero-order valence-corrected chi connectivity index (χ0v) is 14.4. The molecule has 1 unspecified atom stereocenters. The van der Waals surface area contributed by atoms with Gasteiger partial charge in [-0.05, 0) is 37.1 Å². The summed E-state index contributed by atoms with van der Waals surface area (Å²) in [5.74, 6) is -0.222. The van der Waals surface area contributed by atoms with Gasteiger partial charge in [-0.25, -0.2) is 14.8 Å². The Hall–Kier alpha value is -3.00. The molecule has 1 aliphatic heterocycles. The SMILES string of the molecule is COC(=O)c1ccc(NC(=O)c2cc(NCC3CCCO3)ncn2)cc1. The molecule has 2 aromatic rings. The number of nitrogens with zero attached hydrogens (tertiary/aromatic N) is 2. The predicted octanol–water partition coefficient (Wildman–Crippen LogP) is 2.11. The molecule has 1 aromatic heterocycles. The van der Waals surface area contributed by atoms with Crippen molar-refractivity contribution in [3.05, 3.63) is 47.9 Å². The van der Waals surface area contributed by atoms with Crippen molar-refractivity contribution in [2.75, 3.05) is 30.9 Å². The van der Waals surface area contributed by atoms with Gasteiger partial charge in [-0.1, -0.05) is 0 Å². The van der Waals surface area contributed by atoms with Crippen LogP contribution in [0.5, 0.6) is 0 Å². The second-order valence-electron chi connectivity index (χ2n) is 5.83. The van der Waals surface area contributed by atoms with Gasteiger partial charge in [0.25, 0.3) is 5.91 Å². The number of hydrogen-bond donors (Lipinski definition) is 2. The Balaban J connectivity index is 1.60. The lowest BCUT2D eigenvalue weighted by Crippen LogP contribution is -2.20. The van der Waals surface area contributed by atoms with Crippen molar-refractivity contribution in [2.24, 2.45) is 0 Å². The lowest BCUT2D eigenvalue weighted by atomic mass is 10.2. The largest absolute Gasteiger partial charge is 0.465 e. The minimum absolute atomic E-state index is 0.176. The summed E-state index contributed by atoms with van der Waals surface area (Å²) in [5, 5.41) is 5.90. The Bertz CT molecular complexity index is 773. The highest BCUT2D eigenvalue weighted by Crippen LogP contribution is 2.14. The van der Waals surface area contributed by atoms with Crippen LogP contribution in [0.15, 0.2) is 36.7 Å². The molecule has 2 heterocycles. The molecule has 1 aromatic carbocycles. The van der Waals surface area contributed by atoms with Crippen molar-refractivity contribution in [3.8, 4) is 0 Å². The molecular weight excluding hydrogens is 336 g/mol. The fourth-order valence-electron chi connectivity index (χ4n) is 2.60. The van der Waals surface area contributed by atoms with E-state index in [-0.39, 0.29) is 17.7 Å². The molecule has 2 N–H and O–H groups in total. The molecule has 0 aliphatic carbocycles. The molecule has 0 saturated carbocycles. The zero-order valence-electron chi connectivity index (χ0n) is 14.4. The molecule has 1 saturated heterocycles. The summed E-state index contributed by atoms with van der Waals surface area (Å²) >= 11 is 0. The second-order valence-corrected chi connectivity index (χ2v) is 5.83. The average molecular weight is 356 g/mol. The summed E-state index contributed by atoms with van der Waals surface area (Å²) in [4.78, 5) is 31.9. The first-order chi connectivity index (χ1) is 12.7. The van der Waals surface area contributed by atoms with Gasteiger partial charge in [0.15, 0.2) is 0 Å². The van der Waals surface area contributed by atoms with Gasteiger partial charge in [0.2, 0.25) is 0 Å². The molecule has 136 valence electrons. The first-order valence-electron chi connectivity index (χ1n) is 8.33. The number of benzene rings is 1. The molecule has 0 spiro atoms. The zero-order chi connectivity index (χ0) is 18.4. The molecule has 0 radical (unpaired) electrons. The van der Waals surface area contributed by atoms with E-state index in [1.807, 2.05) is 0 Å². The van der Waals surface area contributed by atoms with E-state index in [1.54, 1.807) is 30.3 Å². The Morgan fingerprint density at radius 1 is 1.27 bits per heavy atom. The third kappa shape index (κ3) is 4.54. The Kier molecular flexibility index (Phi) is 5.75. The van der Waals surface area contributed by atoms with Crippen molar-refractivity contribution in [3.63, 3.8) is 0 Å². The van der Waals surface area contributed by atoms with E-state index in [0.29, 0.717) is 23.6 Å². The van der Waals surface area contributed by atoms with Crippen molar-refractivity contribution in [2.45, 2.75) is 18.9 Å². The minimum atomic E-state index is -0.430. The monoisotopic (exact) mass is 356 g/mol. The minimum Gasteiger partial charge on any atom is -0.465 e. The maximum Gasteiger partial charge on any atom is 0.337 e. The van der Waals surface area contributed by atoms with E-state index >= 15 is 0 Å². The highest BCUT2D eigenvalue weighted by Gasteiger charge is 2.16. The van der Waals surface area contributed by atoms with Gasteiger partial charge in [0.05, 0.1) is 18.8 Å². The predicted molar refractivity (Wildman–Crippen MR) is 95.2 cm³/mol. The van der Waals surface area contributed by atoms with Crippen LogP contribution in [0.2, 0.25) is 0 Å². The van der Waals surface area contributed by atoms with E-state index in [1.165, 1.54) is 13.4 Å². The molecule has 8 nitrogen and oxygen atoms in total. The average Bonchev–Trinajstić information content (AvgIpc) is 3.20. The number of ether oxygens (including phenoxy) is 2. The van der Waals surface area contributed by atoms with E-state index in [2.05, 4.69) is 25.3 Å². The van der Waals surface area contributed by atoms with Gasteiger partial charge in [0, 0.05) is 24.9 Å². The van der Waals surface area contributed by atoms with Crippen LogP contribution in [-0.2, 0) is 9.47 Å². The molecule has 0 bridgehead atoms. The number of esters is 1. The van der Waals surface area contributed by atoms with E-state index in [4.69, 9.17) is 4.74 Å². The van der Waals surface area contributed by atoms with Gasteiger partial charge < -0.3 is 20.1 Å². The molecule has 1 amide bonds. The first kappa shape index (κ1) is 17.8. The number of methoxy groups -OCH3 is 1. The summed E-state index contributed by atoms with van der Waals surface area (Å²) in [6.07, 6.45) is 3.61. The summed E-state index contributed by atoms with van der Waals surface area (Å²) in [6.45, 7) is 1.44. The van der Waals surface area contributed by atoms with Crippen molar-refractivity contribution in [1.29, 1.82) is 0 Å². The first-order valence-corrected chi connectivity index (χ1v) is 8.33. The van der Waals surface area contributed by atoms with Crippen molar-refractivity contribution in [1.82, 2.24) is 9.97 Å². The van der Waals surface area contributed by atoms with Crippen LogP contribution in [0.4, 0.5) is 11.5 Å². The van der Waals surface area contributed by atoms with Gasteiger partial charge in [-0.3, -0.25) is 4.79 Å². The van der Waals surface area contributed by atoms with Gasteiger partial charge >= 0.3 is 5.97 Å². The van der Waals surface area contributed by atoms with Crippen LogP contribution in [0.1, 0.15) is 33.7 Å². The number of carbonyl (C=O) groups excluding carboxylic acids is 2. The summed E-state index contributed by atoms with van der Waals surface area (Å²) in [7, 11) is 1.32. The second kappa shape index (κ2) is 8.39. The highest BCUT2D eigenvalue weighted by atomic mass is 16.5. The fourth-order valence-corrected chi connectivity index (χ4v) is 2.60. The van der Waals surface area contributed by atoms with Crippen LogP contribution in [-0.4, -0.2) is 48.2 Å². The smallest absolute Gasteiger partial charge is 0.337 e. The maximum atomic E-state index is 12.4. The van der Waals surface area contributed by atoms with Crippen LogP contribution in [0, 0.1) is 0 Å². The van der Waals surface area contributed by atoms with Crippen molar-refractivity contribution < 1.29 is 19.1 Å². The van der Waals surface area contributed by atoms with Gasteiger partial charge in [0.1, 0.15) is 17.8 Å². The number of amides is 1. The number of rotatable bonds is 6. The van der Waals surface area contributed by atoms with Gasteiger partial charge in [-0.15, -0.1) is 0 Å². The number of carbonyl (C=O) groups is 2. The highest BCUT2D eigenvalue weighted by molar-refractivity contribution is 6.03. The maximum absolute atomic E-state index is 12.4. The molecule has 3 rings (SSSR count). The normalized spacial score (nSPS) is 16.1. The molecule has 1 aliphatic rings. The molecule has 8 heteroatoms. The molecule has 1 fully saturated rings. The van der Waals surface area contributed by atoms with E-state index < -0.39 is 5.97 Å². The van der Waals surface area contributed by atoms with Crippen LogP contribution < -0.4 is 10.6 Å². The number of aromatic nitrogens is 2. The topological polar surface area (TPSA) is 102 Å². The lowest BCUT2D eigenvalue weighted by Gasteiger charge is -2.11. The number of nitrogens with one attached hydrogen (secondary N) is 2.